The smallest absolute Gasteiger partial charge is 0.294 e. The zero-order valence-corrected chi connectivity index (χ0v) is 39.6. The van der Waals surface area contributed by atoms with Gasteiger partial charge in [0.2, 0.25) is 10.9 Å². The lowest BCUT2D eigenvalue weighted by molar-refractivity contribution is 0.381. The fourth-order valence-electron chi connectivity index (χ4n) is 11.7. The van der Waals surface area contributed by atoms with Gasteiger partial charge in [-0.15, -0.1) is 0 Å². The number of rotatable bonds is 5. The molecule has 68 heavy (non-hydrogen) atoms. The molecule has 0 saturated heterocycles. The number of fused-ring (bicyclic) bond motifs is 12. The van der Waals surface area contributed by atoms with Crippen LogP contribution in [-0.2, 0) is 45.4 Å². The van der Waals surface area contributed by atoms with Crippen molar-refractivity contribution in [2.24, 2.45) is 14.1 Å². The average Bonchev–Trinajstić information content (AvgIpc) is 3.81. The van der Waals surface area contributed by atoms with Gasteiger partial charge in [0, 0.05) is 106 Å². The van der Waals surface area contributed by atoms with Crippen LogP contribution in [0.1, 0.15) is 47.5 Å². The van der Waals surface area contributed by atoms with Crippen LogP contribution in [0.15, 0.2) is 161 Å². The molecule has 5 heterocycles. The summed E-state index contributed by atoms with van der Waals surface area (Å²) in [7, 11) is -2.02. The molecule has 0 amide bonds. The summed E-state index contributed by atoms with van der Waals surface area (Å²) in [5, 5.41) is 3.38. The second-order valence-corrected chi connectivity index (χ2v) is 21.2. The van der Waals surface area contributed by atoms with Gasteiger partial charge < -0.3 is 23.3 Å². The Bertz CT molecular complexity index is 4090. The summed E-state index contributed by atoms with van der Waals surface area (Å²) in [6.45, 7) is 4.43. The zero-order valence-electron chi connectivity index (χ0n) is 37.9. The molecule has 0 radical (unpaired) electrons. The average molecular weight is 937 g/mol. The first kappa shape index (κ1) is 42.1. The summed E-state index contributed by atoms with van der Waals surface area (Å²) >= 11 is 0. The second kappa shape index (κ2) is 14.1. The van der Waals surface area contributed by atoms with Crippen LogP contribution in [0.4, 0.5) is 5.69 Å². The van der Waals surface area contributed by atoms with E-state index in [4.69, 9.17) is 4.74 Å². The molecule has 0 saturated carbocycles. The molecular formula is C55H44N4O7S2. The number of aromatic nitrogens is 2. The molecule has 3 aliphatic heterocycles. The number of ether oxygens (including phenoxy) is 1. The van der Waals surface area contributed by atoms with Crippen LogP contribution in [-0.4, -0.2) is 49.2 Å². The highest BCUT2D eigenvalue weighted by Gasteiger charge is 2.49. The van der Waals surface area contributed by atoms with Crippen molar-refractivity contribution in [3.63, 3.8) is 0 Å². The lowest BCUT2D eigenvalue weighted by Crippen LogP contribution is -2.50. The van der Waals surface area contributed by atoms with Crippen molar-refractivity contribution in [1.82, 2.24) is 13.7 Å². The number of para-hydroxylation sites is 2. The monoisotopic (exact) mass is 936 g/mol. The summed E-state index contributed by atoms with van der Waals surface area (Å²) in [4.78, 5) is 0.736. The summed E-state index contributed by atoms with van der Waals surface area (Å²) in [6.07, 6.45) is 0. The molecule has 12 rings (SSSR count). The molecule has 2 atom stereocenters. The summed E-state index contributed by atoms with van der Waals surface area (Å²) < 4.78 is 89.6. The minimum Gasteiger partial charge on any atom is -0.744 e. The van der Waals surface area contributed by atoms with Crippen LogP contribution in [0.2, 0.25) is 0 Å². The van der Waals surface area contributed by atoms with E-state index in [9.17, 15) is 25.9 Å². The van der Waals surface area contributed by atoms with Crippen LogP contribution >= 0.6 is 0 Å². The minimum absolute atomic E-state index is 0.0361. The maximum absolute atomic E-state index is 13.5. The highest BCUT2D eigenvalue weighted by atomic mass is 32.2. The SMILES string of the molecule is CN1c2cc3c(cc2-c2c(n(C)c4ccccc24)C1(C)c1ccccc1)C(c1ccc(S(=O)(=O)O)cc1S(=O)(=O)[O-])=c1cc2c(cc1O3)=[N+](C)C(C)(c1ccccc1)c1c-2c2ccccc2n1C. The molecule has 338 valence electrons. The van der Waals surface area contributed by atoms with E-state index in [1.165, 1.54) is 6.07 Å². The first-order valence-electron chi connectivity index (χ1n) is 22.2. The largest absolute Gasteiger partial charge is 0.744 e. The Morgan fingerprint density at radius 3 is 1.79 bits per heavy atom. The van der Waals surface area contributed by atoms with E-state index in [0.717, 1.165) is 89.8 Å². The third-order valence-corrected chi connectivity index (χ3v) is 16.9. The van der Waals surface area contributed by atoms with Gasteiger partial charge in [-0.1, -0.05) is 103 Å². The third kappa shape index (κ3) is 5.55. The minimum atomic E-state index is -5.37. The van der Waals surface area contributed by atoms with Gasteiger partial charge in [0.05, 0.1) is 27.1 Å². The Morgan fingerprint density at radius 1 is 0.603 bits per heavy atom. The van der Waals surface area contributed by atoms with E-state index in [1.54, 1.807) is 0 Å². The topological polar surface area (TPSA) is 137 Å². The fraction of sp³-hybridized carbons (Fsp3) is 0.145. The molecular weight excluding hydrogens is 893 g/mol. The Labute approximate surface area is 393 Å². The van der Waals surface area contributed by atoms with Gasteiger partial charge in [0.15, 0.2) is 0 Å². The predicted molar refractivity (Wildman–Crippen MR) is 263 cm³/mol. The van der Waals surface area contributed by atoms with Crippen LogP contribution in [0.3, 0.4) is 0 Å². The normalized spacial score (nSPS) is 18.4. The lowest BCUT2D eigenvalue weighted by Gasteiger charge is -2.46. The number of anilines is 1. The quantitative estimate of drug-likeness (QED) is 0.134. The van der Waals surface area contributed by atoms with E-state index >= 15 is 0 Å². The molecule has 13 heteroatoms. The molecule has 2 aromatic heterocycles. The first-order chi connectivity index (χ1) is 32.4. The molecule has 3 aliphatic rings. The molecule has 7 aromatic carbocycles. The van der Waals surface area contributed by atoms with Gasteiger partial charge in [0.25, 0.3) is 10.1 Å². The summed E-state index contributed by atoms with van der Waals surface area (Å²) in [6, 6.07) is 48.3. The highest BCUT2D eigenvalue weighted by Crippen LogP contribution is 2.56. The Hall–Kier alpha value is -7.29. The third-order valence-electron chi connectivity index (χ3n) is 15.2. The zero-order chi connectivity index (χ0) is 47.4. The van der Waals surface area contributed by atoms with Crippen molar-refractivity contribution >= 4 is 53.3 Å². The predicted octanol–water partition coefficient (Wildman–Crippen LogP) is 8.62. The number of aryl methyl sites for hydroxylation is 2. The highest BCUT2D eigenvalue weighted by molar-refractivity contribution is 7.86. The molecule has 1 N–H and O–H groups in total. The van der Waals surface area contributed by atoms with E-state index in [1.807, 2.05) is 84.9 Å². The maximum Gasteiger partial charge on any atom is 0.294 e. The molecule has 0 fully saturated rings. The van der Waals surface area contributed by atoms with Gasteiger partial charge in [-0.3, -0.25) is 4.55 Å². The van der Waals surface area contributed by atoms with Crippen molar-refractivity contribution in [3.8, 4) is 33.8 Å². The second-order valence-electron chi connectivity index (χ2n) is 18.4. The van der Waals surface area contributed by atoms with Gasteiger partial charge in [0.1, 0.15) is 39.9 Å². The summed E-state index contributed by atoms with van der Waals surface area (Å²) in [5.41, 5.74) is 10.3. The van der Waals surface area contributed by atoms with Gasteiger partial charge >= 0.3 is 0 Å². The Kier molecular flexibility index (Phi) is 8.74. The van der Waals surface area contributed by atoms with Gasteiger partial charge in [-0.25, -0.2) is 13.0 Å². The molecule has 0 spiro atoms. The molecule has 0 bridgehead atoms. The van der Waals surface area contributed by atoms with Crippen molar-refractivity contribution in [2.45, 2.75) is 34.7 Å². The van der Waals surface area contributed by atoms with Crippen molar-refractivity contribution in [3.05, 3.63) is 196 Å². The fourth-order valence-corrected chi connectivity index (χ4v) is 13.0. The standard InChI is InChI=1S/C55H44N4O7S2/c1-54(32-17-9-7-10-18-32)52-50(35-21-13-15-23-42(35)56(52)3)38-28-40-46(30-44(38)58(54)5)66-47-31-45-39(29-41(47)49(40)37-26-25-34(67(60,61)62)27-48(37)68(63,64)65)51-36-22-14-16-24-43(36)57(4)53(51)55(2,59(45)6)33-19-11-8-12-20-33/h7-31H,1-6H3,(H-,60,61,62,63,64,65). The molecule has 11 nitrogen and oxygen atoms in total. The summed E-state index contributed by atoms with van der Waals surface area (Å²) in [5.74, 6) is 0.806. The Balaban J connectivity index is 1.25. The Morgan fingerprint density at radius 2 is 1.18 bits per heavy atom. The number of hydrogen-bond acceptors (Lipinski definition) is 7. The molecule has 0 aliphatic carbocycles. The van der Waals surface area contributed by atoms with E-state index in [0.29, 0.717) is 27.9 Å². The van der Waals surface area contributed by atoms with E-state index in [-0.39, 0.29) is 5.56 Å². The molecule has 2 unspecified atom stereocenters. The lowest BCUT2D eigenvalue weighted by atomic mass is 9.77. The van der Waals surface area contributed by atoms with Crippen LogP contribution in [0.25, 0.3) is 49.6 Å². The van der Waals surface area contributed by atoms with Crippen molar-refractivity contribution in [2.75, 3.05) is 19.0 Å². The maximum atomic E-state index is 13.5. The van der Waals surface area contributed by atoms with Crippen molar-refractivity contribution < 1.29 is 30.7 Å². The number of benzene rings is 7. The van der Waals surface area contributed by atoms with E-state index in [2.05, 4.69) is 109 Å². The number of nitrogens with zero attached hydrogens (tertiary/aromatic N) is 4. The van der Waals surface area contributed by atoms with Gasteiger partial charge in [-0.2, -0.15) is 8.42 Å². The van der Waals surface area contributed by atoms with E-state index < -0.39 is 41.1 Å². The number of hydrogen-bond donors (Lipinski definition) is 1. The van der Waals surface area contributed by atoms with Crippen molar-refractivity contribution in [1.29, 1.82) is 0 Å². The van der Waals surface area contributed by atoms with Crippen LogP contribution in [0.5, 0.6) is 11.5 Å². The van der Waals surface area contributed by atoms with Crippen LogP contribution < -0.4 is 24.8 Å². The van der Waals surface area contributed by atoms with Crippen LogP contribution in [0, 0.1) is 0 Å². The van der Waals surface area contributed by atoms with Gasteiger partial charge in [-0.05, 0) is 48.9 Å². The molecule has 9 aromatic rings. The first-order valence-corrected chi connectivity index (χ1v) is 25.0.